The van der Waals surface area contributed by atoms with Crippen molar-refractivity contribution in [2.24, 2.45) is 9.63 Å². The van der Waals surface area contributed by atoms with E-state index in [0.29, 0.717) is 0 Å². The maximum absolute atomic E-state index is 12.7. The van der Waals surface area contributed by atoms with Gasteiger partial charge in [0, 0.05) is 5.56 Å². The normalized spacial score (nSPS) is 12.1. The van der Waals surface area contributed by atoms with Gasteiger partial charge < -0.3 is 15.5 Å². The largest absolute Gasteiger partial charge is 0.478 e. The van der Waals surface area contributed by atoms with Crippen molar-refractivity contribution in [3.8, 4) is 6.07 Å². The summed E-state index contributed by atoms with van der Waals surface area (Å²) in [6.07, 6.45) is 0.287. The van der Waals surface area contributed by atoms with Crippen LogP contribution in [0.3, 0.4) is 0 Å². The molecular weight excluding hydrogens is 472 g/mol. The predicted octanol–water partition coefficient (Wildman–Crippen LogP) is 3.25. The second kappa shape index (κ2) is 11.1. The van der Waals surface area contributed by atoms with Gasteiger partial charge in [-0.3, -0.25) is 4.79 Å². The highest BCUT2D eigenvalue weighted by molar-refractivity contribution is 7.90. The molecule has 3 N–H and O–H groups in total. The molecule has 3 rings (SSSR count). The number of anilines is 1. The van der Waals surface area contributed by atoms with Gasteiger partial charge in [0.05, 0.1) is 40.4 Å². The standard InChI is InChI=1S/C24H20N4O6S/c25-14-17-9-10-22(21(12-17)24(31)32)26-23(30)18-7-4-8-20(13-18)35(33,34)28-27-19(15-29)11-16-5-2-1-3-6-16/h1-10,12-13,19,29H,11,15H2,(H,26,30)(H,31,32). The number of benzene rings is 3. The Morgan fingerprint density at radius 2 is 1.77 bits per heavy atom. The fourth-order valence-electron chi connectivity index (χ4n) is 3.10. The molecule has 0 fully saturated rings. The van der Waals surface area contributed by atoms with Crippen LogP contribution in [0.15, 0.2) is 87.3 Å². The number of carbonyl (C=O) groups is 2. The topological polar surface area (TPSA) is 169 Å². The minimum atomic E-state index is -4.28. The Bertz CT molecular complexity index is 1420. The van der Waals surface area contributed by atoms with Crippen molar-refractivity contribution in [1.82, 2.24) is 0 Å². The van der Waals surface area contributed by atoms with Gasteiger partial charge in [0.2, 0.25) is 0 Å². The van der Waals surface area contributed by atoms with Crippen molar-refractivity contribution in [2.45, 2.75) is 17.4 Å². The summed E-state index contributed by atoms with van der Waals surface area (Å²) >= 11 is 0. The SMILES string of the molecule is N#Cc1ccc(NC(=O)c2cccc(S(=O)(=O)N=NC(CO)Cc3ccccc3)c2)c(C(=O)O)c1. The zero-order valence-corrected chi connectivity index (χ0v) is 19.0. The molecule has 0 saturated heterocycles. The molecular formula is C24H20N4O6S. The smallest absolute Gasteiger partial charge is 0.337 e. The van der Waals surface area contributed by atoms with Crippen LogP contribution in [0.1, 0.15) is 31.8 Å². The Kier molecular flexibility index (Phi) is 8.04. The van der Waals surface area contributed by atoms with E-state index >= 15 is 0 Å². The van der Waals surface area contributed by atoms with Crippen molar-refractivity contribution in [2.75, 3.05) is 11.9 Å². The average Bonchev–Trinajstić information content (AvgIpc) is 2.87. The van der Waals surface area contributed by atoms with Crippen LogP contribution in [0.25, 0.3) is 0 Å². The maximum atomic E-state index is 12.7. The van der Waals surface area contributed by atoms with Gasteiger partial charge in [-0.2, -0.15) is 18.8 Å². The van der Waals surface area contributed by atoms with Crippen LogP contribution in [0.2, 0.25) is 0 Å². The van der Waals surface area contributed by atoms with Crippen molar-refractivity contribution in [3.63, 3.8) is 0 Å². The van der Waals surface area contributed by atoms with E-state index < -0.39 is 34.5 Å². The lowest BCUT2D eigenvalue weighted by atomic mass is 10.1. The van der Waals surface area contributed by atoms with Crippen molar-refractivity contribution < 1.29 is 28.2 Å². The summed E-state index contributed by atoms with van der Waals surface area (Å²) in [6, 6.07) is 18.9. The molecule has 3 aromatic carbocycles. The Morgan fingerprint density at radius 1 is 1.03 bits per heavy atom. The molecule has 35 heavy (non-hydrogen) atoms. The number of nitrogens with one attached hydrogen (secondary N) is 1. The van der Waals surface area contributed by atoms with E-state index in [2.05, 4.69) is 15.0 Å². The van der Waals surface area contributed by atoms with Crippen LogP contribution in [0.4, 0.5) is 5.69 Å². The summed E-state index contributed by atoms with van der Waals surface area (Å²) in [4.78, 5) is 23.9. The third kappa shape index (κ3) is 6.57. The Labute approximate surface area is 201 Å². The quantitative estimate of drug-likeness (QED) is 0.385. The summed E-state index contributed by atoms with van der Waals surface area (Å²) in [5, 5.41) is 34.0. The van der Waals surface area contributed by atoms with E-state index in [1.165, 1.54) is 30.3 Å². The van der Waals surface area contributed by atoms with E-state index in [1.54, 1.807) is 0 Å². The lowest BCUT2D eigenvalue weighted by Crippen LogP contribution is -2.16. The maximum Gasteiger partial charge on any atom is 0.337 e. The predicted molar refractivity (Wildman–Crippen MR) is 126 cm³/mol. The van der Waals surface area contributed by atoms with Crippen LogP contribution in [-0.4, -0.2) is 43.2 Å². The Morgan fingerprint density at radius 3 is 2.43 bits per heavy atom. The monoisotopic (exact) mass is 492 g/mol. The van der Waals surface area contributed by atoms with Crippen LogP contribution >= 0.6 is 0 Å². The molecule has 0 spiro atoms. The number of nitriles is 1. The zero-order valence-electron chi connectivity index (χ0n) is 18.2. The summed E-state index contributed by atoms with van der Waals surface area (Å²) < 4.78 is 28.8. The minimum Gasteiger partial charge on any atom is -0.478 e. The molecule has 0 aromatic heterocycles. The number of aliphatic hydroxyl groups excluding tert-OH is 1. The first-order valence-electron chi connectivity index (χ1n) is 10.2. The number of carboxylic acid groups (broad SMARTS) is 1. The van der Waals surface area contributed by atoms with E-state index in [4.69, 9.17) is 5.26 Å². The number of nitrogens with zero attached hydrogens (tertiary/aromatic N) is 3. The molecule has 0 aliphatic rings. The molecule has 10 nitrogen and oxygen atoms in total. The van der Waals surface area contributed by atoms with Gasteiger partial charge in [0.1, 0.15) is 0 Å². The third-order valence-corrected chi connectivity index (χ3v) is 6.02. The van der Waals surface area contributed by atoms with Gasteiger partial charge in [-0.1, -0.05) is 40.9 Å². The molecule has 3 aromatic rings. The Hall–Kier alpha value is -4.40. The number of carbonyl (C=O) groups excluding carboxylic acids is 1. The van der Waals surface area contributed by atoms with Gasteiger partial charge in [-0.05, 0) is 48.4 Å². The van der Waals surface area contributed by atoms with Crippen molar-refractivity contribution in [3.05, 3.63) is 95.1 Å². The molecule has 1 atom stereocenters. The molecule has 178 valence electrons. The number of hydrogen-bond acceptors (Lipinski definition) is 7. The molecule has 0 aliphatic heterocycles. The summed E-state index contributed by atoms with van der Waals surface area (Å²) in [7, 11) is -4.28. The second-order valence-electron chi connectivity index (χ2n) is 7.36. The number of amides is 1. The van der Waals surface area contributed by atoms with Crippen molar-refractivity contribution >= 4 is 27.6 Å². The number of sulfonamides is 1. The lowest BCUT2D eigenvalue weighted by molar-refractivity contribution is 0.0698. The molecule has 1 unspecified atom stereocenters. The highest BCUT2D eigenvalue weighted by Crippen LogP contribution is 2.21. The van der Waals surface area contributed by atoms with Gasteiger partial charge in [0.25, 0.3) is 15.9 Å². The van der Waals surface area contributed by atoms with Crippen LogP contribution < -0.4 is 5.32 Å². The van der Waals surface area contributed by atoms with Crippen LogP contribution in [0, 0.1) is 11.3 Å². The van der Waals surface area contributed by atoms with Gasteiger partial charge in [-0.25, -0.2) is 4.79 Å². The first kappa shape index (κ1) is 25.2. The highest BCUT2D eigenvalue weighted by atomic mass is 32.2. The van der Waals surface area contributed by atoms with Gasteiger partial charge >= 0.3 is 5.97 Å². The second-order valence-corrected chi connectivity index (χ2v) is 8.94. The Balaban J connectivity index is 1.80. The average molecular weight is 493 g/mol. The minimum absolute atomic E-state index is 0.0545. The van der Waals surface area contributed by atoms with Crippen LogP contribution in [-0.2, 0) is 16.4 Å². The molecule has 0 saturated carbocycles. The summed E-state index contributed by atoms with van der Waals surface area (Å²) in [5.74, 6) is -2.11. The third-order valence-electron chi connectivity index (χ3n) is 4.86. The van der Waals surface area contributed by atoms with Gasteiger partial charge in [0.15, 0.2) is 0 Å². The molecule has 0 radical (unpaired) electrons. The lowest BCUT2D eigenvalue weighted by Gasteiger charge is -2.10. The van der Waals surface area contributed by atoms with Gasteiger partial charge in [-0.15, -0.1) is 0 Å². The molecule has 0 bridgehead atoms. The molecule has 0 aliphatic carbocycles. The highest BCUT2D eigenvalue weighted by Gasteiger charge is 2.19. The summed E-state index contributed by atoms with van der Waals surface area (Å²) in [6.45, 7) is -0.410. The first-order chi connectivity index (χ1) is 16.7. The summed E-state index contributed by atoms with van der Waals surface area (Å²) in [5.41, 5.74) is 0.548. The van der Waals surface area contributed by atoms with E-state index in [0.717, 1.165) is 17.7 Å². The fourth-order valence-corrected chi connectivity index (χ4v) is 3.97. The van der Waals surface area contributed by atoms with E-state index in [-0.39, 0.29) is 33.7 Å². The molecule has 1 amide bonds. The number of aromatic carboxylic acids is 1. The van der Waals surface area contributed by atoms with Crippen LogP contribution in [0.5, 0.6) is 0 Å². The van der Waals surface area contributed by atoms with E-state index in [1.807, 2.05) is 36.4 Å². The molecule has 11 heteroatoms. The fraction of sp³-hybridized carbons (Fsp3) is 0.125. The first-order valence-corrected chi connectivity index (χ1v) is 11.7. The molecule has 0 heterocycles. The zero-order chi connectivity index (χ0) is 25.4. The number of hydrogen-bond donors (Lipinski definition) is 3. The number of carboxylic acids is 1. The number of aliphatic hydroxyl groups is 1. The van der Waals surface area contributed by atoms with Crippen molar-refractivity contribution in [1.29, 1.82) is 5.26 Å². The number of rotatable bonds is 9. The van der Waals surface area contributed by atoms with E-state index in [9.17, 15) is 28.2 Å².